The first kappa shape index (κ1) is 18.3. The number of hydrogen-bond donors (Lipinski definition) is 1. The summed E-state index contributed by atoms with van der Waals surface area (Å²) in [5, 5.41) is 0. The molecule has 1 atom stereocenters. The minimum absolute atomic E-state index is 0.0243. The summed E-state index contributed by atoms with van der Waals surface area (Å²) in [5.74, 6) is 0.560. The van der Waals surface area contributed by atoms with E-state index in [1.807, 2.05) is 13.8 Å². The molecule has 0 saturated carbocycles. The average molecular weight is 374 g/mol. The minimum Gasteiger partial charge on any atom is -0.494 e. The zero-order valence-corrected chi connectivity index (χ0v) is 15.8. The van der Waals surface area contributed by atoms with E-state index >= 15 is 0 Å². The van der Waals surface area contributed by atoms with Gasteiger partial charge in [0.1, 0.15) is 5.75 Å². The Balaban J connectivity index is 1.88. The fraction of sp³-hybridized carbons (Fsp3) is 0.316. The Morgan fingerprint density at radius 3 is 2.73 bits per heavy atom. The monoisotopic (exact) mass is 374 g/mol. The van der Waals surface area contributed by atoms with Crippen molar-refractivity contribution in [2.75, 3.05) is 16.2 Å². The molecule has 26 heavy (non-hydrogen) atoms. The molecule has 0 aliphatic carbocycles. The van der Waals surface area contributed by atoms with Gasteiger partial charge >= 0.3 is 0 Å². The van der Waals surface area contributed by atoms with Crippen molar-refractivity contribution >= 4 is 27.3 Å². The Kier molecular flexibility index (Phi) is 4.91. The Bertz CT molecular complexity index is 940. The van der Waals surface area contributed by atoms with Crippen molar-refractivity contribution in [1.82, 2.24) is 0 Å². The quantitative estimate of drug-likeness (QED) is 0.872. The molecule has 0 bridgehead atoms. The zero-order chi connectivity index (χ0) is 18.9. The summed E-state index contributed by atoms with van der Waals surface area (Å²) in [7, 11) is -3.73. The van der Waals surface area contributed by atoms with E-state index in [0.29, 0.717) is 24.5 Å². The molecule has 138 valence electrons. The van der Waals surface area contributed by atoms with Crippen LogP contribution in [0.15, 0.2) is 47.4 Å². The summed E-state index contributed by atoms with van der Waals surface area (Å²) >= 11 is 0. The number of ether oxygens (including phenoxy) is 1. The average Bonchev–Trinajstić information content (AvgIpc) is 2.90. The molecule has 0 fully saturated rings. The van der Waals surface area contributed by atoms with Gasteiger partial charge < -0.3 is 9.64 Å². The van der Waals surface area contributed by atoms with Gasteiger partial charge in [0.2, 0.25) is 5.91 Å². The van der Waals surface area contributed by atoms with E-state index in [4.69, 9.17) is 4.74 Å². The highest BCUT2D eigenvalue weighted by molar-refractivity contribution is 7.92. The number of amides is 1. The van der Waals surface area contributed by atoms with Crippen LogP contribution >= 0.6 is 0 Å². The number of nitrogens with one attached hydrogen (secondary N) is 1. The molecule has 6 nitrogen and oxygen atoms in total. The largest absolute Gasteiger partial charge is 0.494 e. The van der Waals surface area contributed by atoms with Crippen molar-refractivity contribution in [3.8, 4) is 5.75 Å². The van der Waals surface area contributed by atoms with Crippen LogP contribution in [0.5, 0.6) is 5.75 Å². The van der Waals surface area contributed by atoms with Gasteiger partial charge in [-0.25, -0.2) is 8.42 Å². The number of sulfonamides is 1. The molecule has 2 aromatic carbocycles. The Morgan fingerprint density at radius 2 is 2.04 bits per heavy atom. The molecule has 1 aliphatic rings. The van der Waals surface area contributed by atoms with Gasteiger partial charge in [0.25, 0.3) is 10.0 Å². The SMILES string of the molecule is CCOc1cccc(NS(=O)(=O)c2ccc3c(c2)CC(C)N3C(C)=O)c1. The van der Waals surface area contributed by atoms with E-state index in [-0.39, 0.29) is 16.8 Å². The lowest BCUT2D eigenvalue weighted by molar-refractivity contribution is -0.116. The third-order valence-electron chi connectivity index (χ3n) is 4.31. The van der Waals surface area contributed by atoms with Crippen molar-refractivity contribution < 1.29 is 17.9 Å². The Morgan fingerprint density at radius 1 is 1.27 bits per heavy atom. The number of hydrogen-bond acceptors (Lipinski definition) is 4. The topological polar surface area (TPSA) is 75.7 Å². The first-order valence-electron chi connectivity index (χ1n) is 8.50. The van der Waals surface area contributed by atoms with Crippen LogP contribution in [0.25, 0.3) is 0 Å². The van der Waals surface area contributed by atoms with Gasteiger partial charge in [0.05, 0.1) is 17.2 Å². The van der Waals surface area contributed by atoms with E-state index in [9.17, 15) is 13.2 Å². The summed E-state index contributed by atoms with van der Waals surface area (Å²) in [6.45, 7) is 5.84. The van der Waals surface area contributed by atoms with Crippen molar-refractivity contribution in [3.63, 3.8) is 0 Å². The number of benzene rings is 2. The predicted molar refractivity (Wildman–Crippen MR) is 101 cm³/mol. The highest BCUT2D eigenvalue weighted by atomic mass is 32.2. The second kappa shape index (κ2) is 6.99. The molecule has 1 unspecified atom stereocenters. The third-order valence-corrected chi connectivity index (χ3v) is 5.69. The summed E-state index contributed by atoms with van der Waals surface area (Å²) in [6.07, 6.45) is 0.637. The lowest BCUT2D eigenvalue weighted by Gasteiger charge is -2.20. The summed E-state index contributed by atoms with van der Waals surface area (Å²) < 4.78 is 33.5. The molecular formula is C19H22N2O4S. The predicted octanol–water partition coefficient (Wildman–Crippen LogP) is 3.18. The molecule has 0 saturated heterocycles. The van der Waals surface area contributed by atoms with Crippen molar-refractivity contribution in [2.45, 2.75) is 38.1 Å². The summed E-state index contributed by atoms with van der Waals surface area (Å²) in [5.41, 5.74) is 2.08. The second-order valence-electron chi connectivity index (χ2n) is 6.30. The maximum atomic E-state index is 12.7. The van der Waals surface area contributed by atoms with Crippen LogP contribution in [0.2, 0.25) is 0 Å². The van der Waals surface area contributed by atoms with Crippen LogP contribution in [0.4, 0.5) is 11.4 Å². The molecule has 2 aromatic rings. The van der Waals surface area contributed by atoms with Crippen LogP contribution in [-0.2, 0) is 21.2 Å². The summed E-state index contributed by atoms with van der Waals surface area (Å²) in [6, 6.07) is 11.7. The van der Waals surface area contributed by atoms with E-state index in [0.717, 1.165) is 11.3 Å². The molecule has 1 N–H and O–H groups in total. The lowest BCUT2D eigenvalue weighted by Crippen LogP contribution is -2.33. The van der Waals surface area contributed by atoms with Gasteiger partial charge in [-0.15, -0.1) is 0 Å². The Hall–Kier alpha value is -2.54. The maximum absolute atomic E-state index is 12.7. The van der Waals surface area contributed by atoms with Crippen LogP contribution in [-0.4, -0.2) is 27.0 Å². The maximum Gasteiger partial charge on any atom is 0.261 e. The molecule has 1 amide bonds. The number of fused-ring (bicyclic) bond motifs is 1. The molecule has 1 heterocycles. The number of carbonyl (C=O) groups excluding carboxylic acids is 1. The van der Waals surface area contributed by atoms with Crippen molar-refractivity contribution in [1.29, 1.82) is 0 Å². The van der Waals surface area contributed by atoms with Gasteiger partial charge in [-0.2, -0.15) is 0 Å². The number of anilines is 2. The fourth-order valence-corrected chi connectivity index (χ4v) is 4.38. The normalized spacial score (nSPS) is 16.3. The molecule has 3 rings (SSSR count). The van der Waals surface area contributed by atoms with Crippen molar-refractivity contribution in [3.05, 3.63) is 48.0 Å². The van der Waals surface area contributed by atoms with Gasteiger partial charge in [-0.3, -0.25) is 9.52 Å². The molecule has 0 aromatic heterocycles. The first-order chi connectivity index (χ1) is 12.3. The molecule has 0 spiro atoms. The lowest BCUT2D eigenvalue weighted by atomic mass is 10.1. The number of carbonyl (C=O) groups is 1. The minimum atomic E-state index is -3.73. The standard InChI is InChI=1S/C19H22N2O4S/c1-4-25-17-7-5-6-16(12-17)20-26(23,24)18-8-9-19-15(11-18)10-13(2)21(19)14(3)22/h5-9,11-13,20H,4,10H2,1-3H3. The summed E-state index contributed by atoms with van der Waals surface area (Å²) in [4.78, 5) is 13.7. The highest BCUT2D eigenvalue weighted by Crippen LogP contribution is 2.34. The van der Waals surface area contributed by atoms with E-state index in [2.05, 4.69) is 4.72 Å². The number of rotatable bonds is 5. The smallest absolute Gasteiger partial charge is 0.261 e. The van der Waals surface area contributed by atoms with E-state index < -0.39 is 10.0 Å². The van der Waals surface area contributed by atoms with Crippen molar-refractivity contribution in [2.24, 2.45) is 0 Å². The molecular weight excluding hydrogens is 352 g/mol. The highest BCUT2D eigenvalue weighted by Gasteiger charge is 2.30. The number of nitrogens with zero attached hydrogens (tertiary/aromatic N) is 1. The molecule has 0 radical (unpaired) electrons. The Labute approximate surface area is 153 Å². The van der Waals surface area contributed by atoms with Gasteiger partial charge in [-0.05, 0) is 56.2 Å². The van der Waals surface area contributed by atoms with Crippen LogP contribution in [0, 0.1) is 0 Å². The fourth-order valence-electron chi connectivity index (χ4n) is 3.28. The second-order valence-corrected chi connectivity index (χ2v) is 7.98. The van der Waals surface area contributed by atoms with Crippen LogP contribution in [0.3, 0.4) is 0 Å². The van der Waals surface area contributed by atoms with E-state index in [1.54, 1.807) is 41.3 Å². The molecule has 7 heteroatoms. The van der Waals surface area contributed by atoms with Gasteiger partial charge in [-0.1, -0.05) is 6.07 Å². The van der Waals surface area contributed by atoms with Crippen LogP contribution < -0.4 is 14.4 Å². The molecule has 1 aliphatic heterocycles. The first-order valence-corrected chi connectivity index (χ1v) is 9.98. The zero-order valence-electron chi connectivity index (χ0n) is 15.0. The third kappa shape index (κ3) is 3.53. The van der Waals surface area contributed by atoms with Gasteiger partial charge in [0.15, 0.2) is 0 Å². The van der Waals surface area contributed by atoms with E-state index in [1.165, 1.54) is 13.0 Å². The van der Waals surface area contributed by atoms with Gasteiger partial charge in [0, 0.05) is 24.7 Å². The van der Waals surface area contributed by atoms with Crippen LogP contribution in [0.1, 0.15) is 26.3 Å².